The Morgan fingerprint density at radius 2 is 1.11 bits per heavy atom. The fourth-order valence-electron chi connectivity index (χ4n) is 8.79. The molecule has 0 atom stereocenters. The van der Waals surface area contributed by atoms with Crippen LogP contribution in [0.15, 0.2) is 174 Å². The number of nitrogens with zero attached hydrogens (tertiary/aromatic N) is 2. The smallest absolute Gasteiger partial charge is 0.144 e. The molecule has 0 amide bonds. The Kier molecular flexibility index (Phi) is 6.30. The van der Waals surface area contributed by atoms with E-state index >= 15 is 0 Å². The van der Waals surface area contributed by atoms with Crippen LogP contribution in [0.2, 0.25) is 0 Å². The van der Waals surface area contributed by atoms with Crippen LogP contribution in [-0.2, 0) is 5.41 Å². The highest BCUT2D eigenvalue weighted by Crippen LogP contribution is 2.51. The molecule has 1 aliphatic carbocycles. The molecule has 3 heterocycles. The van der Waals surface area contributed by atoms with Crippen molar-refractivity contribution >= 4 is 43.7 Å². The maximum absolute atomic E-state index is 6.58. The van der Waals surface area contributed by atoms with Crippen molar-refractivity contribution in [1.29, 1.82) is 0 Å². The van der Waals surface area contributed by atoms with Crippen molar-refractivity contribution in [2.75, 3.05) is 0 Å². The molecule has 0 radical (unpaired) electrons. The van der Waals surface area contributed by atoms with Crippen LogP contribution in [0.4, 0.5) is 0 Å². The summed E-state index contributed by atoms with van der Waals surface area (Å²) < 4.78 is 9.01. The second-order valence-corrected chi connectivity index (χ2v) is 14.8. The monoisotopic (exact) mass is 678 g/mol. The topological polar surface area (TPSA) is 31.0 Å². The van der Waals surface area contributed by atoms with Gasteiger partial charge in [-0.15, -0.1) is 0 Å². The van der Waals surface area contributed by atoms with Gasteiger partial charge in [0, 0.05) is 38.1 Å². The van der Waals surface area contributed by atoms with Gasteiger partial charge in [0.05, 0.1) is 28.1 Å². The number of rotatable bonds is 4. The van der Waals surface area contributed by atoms with Gasteiger partial charge in [-0.3, -0.25) is 0 Å². The number of para-hydroxylation sites is 3. The van der Waals surface area contributed by atoms with Crippen molar-refractivity contribution in [2.45, 2.75) is 19.3 Å². The molecule has 0 fully saturated rings. The van der Waals surface area contributed by atoms with Gasteiger partial charge < -0.3 is 8.98 Å². The van der Waals surface area contributed by atoms with Gasteiger partial charge in [0.25, 0.3) is 0 Å². The summed E-state index contributed by atoms with van der Waals surface area (Å²) in [6, 6.07) is 61.0. The Morgan fingerprint density at radius 3 is 1.98 bits per heavy atom. The SMILES string of the molecule is CC1(C)c2ccccc2-c2cc3c(cc21)c1ccccc1n3-c1cc(-c2ccc(-c3ccccc3)cc2)nc(-c2cccc3c2oc2ccccc23)c1. The molecule has 3 heteroatoms. The van der Waals surface area contributed by atoms with Crippen molar-refractivity contribution in [2.24, 2.45) is 0 Å². The van der Waals surface area contributed by atoms with Gasteiger partial charge in [-0.05, 0) is 75.8 Å². The highest BCUT2D eigenvalue weighted by molar-refractivity contribution is 6.12. The van der Waals surface area contributed by atoms with Gasteiger partial charge in [0.15, 0.2) is 0 Å². The maximum atomic E-state index is 6.58. The molecular formula is C50H34N2O. The van der Waals surface area contributed by atoms with E-state index in [9.17, 15) is 0 Å². The molecule has 0 saturated carbocycles. The zero-order valence-corrected chi connectivity index (χ0v) is 29.5. The predicted molar refractivity (Wildman–Crippen MR) is 220 cm³/mol. The highest BCUT2D eigenvalue weighted by atomic mass is 16.3. The van der Waals surface area contributed by atoms with Crippen LogP contribution in [0.25, 0.3) is 94.2 Å². The van der Waals surface area contributed by atoms with Gasteiger partial charge in [0.2, 0.25) is 0 Å². The van der Waals surface area contributed by atoms with E-state index < -0.39 is 0 Å². The summed E-state index contributed by atoms with van der Waals surface area (Å²) in [7, 11) is 0. The van der Waals surface area contributed by atoms with Gasteiger partial charge in [-0.1, -0.05) is 141 Å². The van der Waals surface area contributed by atoms with Crippen LogP contribution in [0.3, 0.4) is 0 Å². The lowest BCUT2D eigenvalue weighted by Crippen LogP contribution is -2.14. The number of aromatic nitrogens is 2. The third-order valence-corrected chi connectivity index (χ3v) is 11.4. The normalized spacial score (nSPS) is 13.2. The van der Waals surface area contributed by atoms with Crippen molar-refractivity contribution < 1.29 is 4.42 Å². The Labute approximate surface area is 307 Å². The van der Waals surface area contributed by atoms with Gasteiger partial charge in [-0.2, -0.15) is 0 Å². The first-order valence-electron chi connectivity index (χ1n) is 18.3. The van der Waals surface area contributed by atoms with Crippen LogP contribution < -0.4 is 0 Å². The number of pyridine rings is 1. The lowest BCUT2D eigenvalue weighted by molar-refractivity contribution is 0.661. The summed E-state index contributed by atoms with van der Waals surface area (Å²) in [4.78, 5) is 5.40. The molecule has 3 aromatic heterocycles. The predicted octanol–water partition coefficient (Wildman–Crippen LogP) is 13.4. The molecule has 0 saturated heterocycles. The molecule has 7 aromatic carbocycles. The highest BCUT2D eigenvalue weighted by Gasteiger charge is 2.36. The summed E-state index contributed by atoms with van der Waals surface area (Å²) in [5.74, 6) is 0. The number of hydrogen-bond acceptors (Lipinski definition) is 2. The lowest BCUT2D eigenvalue weighted by Gasteiger charge is -2.21. The first-order valence-corrected chi connectivity index (χ1v) is 18.3. The van der Waals surface area contributed by atoms with Crippen molar-refractivity contribution in [1.82, 2.24) is 9.55 Å². The minimum absolute atomic E-state index is 0.0858. The molecule has 11 rings (SSSR count). The molecule has 1 aliphatic rings. The fourth-order valence-corrected chi connectivity index (χ4v) is 8.79. The van der Waals surface area contributed by atoms with E-state index in [1.165, 1.54) is 55.2 Å². The average molecular weight is 679 g/mol. The number of furan rings is 1. The van der Waals surface area contributed by atoms with Crippen LogP contribution in [0.5, 0.6) is 0 Å². The molecule has 0 N–H and O–H groups in total. The van der Waals surface area contributed by atoms with Crippen molar-refractivity contribution in [3.8, 4) is 50.5 Å². The Balaban J connectivity index is 1.19. The average Bonchev–Trinajstić information content (AvgIpc) is 3.83. The summed E-state index contributed by atoms with van der Waals surface area (Å²) >= 11 is 0. The quantitative estimate of drug-likeness (QED) is 0.185. The van der Waals surface area contributed by atoms with E-state index in [0.29, 0.717) is 0 Å². The fraction of sp³-hybridized carbons (Fsp3) is 0.0600. The van der Waals surface area contributed by atoms with E-state index in [-0.39, 0.29) is 5.41 Å². The van der Waals surface area contributed by atoms with Crippen molar-refractivity contribution in [3.05, 3.63) is 181 Å². The minimum atomic E-state index is -0.0858. The van der Waals surface area contributed by atoms with Crippen molar-refractivity contribution in [3.63, 3.8) is 0 Å². The molecular weight excluding hydrogens is 645 g/mol. The molecule has 0 spiro atoms. The molecule has 3 nitrogen and oxygen atoms in total. The Morgan fingerprint density at radius 1 is 0.453 bits per heavy atom. The maximum Gasteiger partial charge on any atom is 0.144 e. The van der Waals surface area contributed by atoms with E-state index in [1.807, 2.05) is 12.1 Å². The van der Waals surface area contributed by atoms with Crippen LogP contribution in [-0.4, -0.2) is 9.55 Å². The third-order valence-electron chi connectivity index (χ3n) is 11.4. The Bertz CT molecular complexity index is 3070. The Hall–Kier alpha value is -6.71. The van der Waals surface area contributed by atoms with Crippen LogP contribution in [0.1, 0.15) is 25.0 Å². The minimum Gasteiger partial charge on any atom is -0.455 e. The summed E-state index contributed by atoms with van der Waals surface area (Å²) in [5.41, 5.74) is 16.6. The van der Waals surface area contributed by atoms with Crippen LogP contribution in [0, 0.1) is 0 Å². The molecule has 53 heavy (non-hydrogen) atoms. The standard InChI is InChI=1S/C50H34N2O/c1-50(2)42-20-9-6-15-35(42)40-30-47-41(29-43(40)50)36-16-7-10-21-46(36)52(47)34-27-44(33-25-23-32(24-26-33)31-13-4-3-5-14-31)51-45(28-34)39-19-12-18-38-37-17-8-11-22-48(37)53-49(38)39/h3-30H,1-2H3. The third kappa shape index (κ3) is 4.44. The number of fused-ring (bicyclic) bond motifs is 9. The lowest BCUT2D eigenvalue weighted by atomic mass is 9.82. The summed E-state index contributed by atoms with van der Waals surface area (Å²) in [6.07, 6.45) is 0. The van der Waals surface area contributed by atoms with E-state index in [0.717, 1.165) is 50.1 Å². The van der Waals surface area contributed by atoms with Gasteiger partial charge in [0.1, 0.15) is 11.2 Å². The molecule has 0 unspecified atom stereocenters. The first kappa shape index (κ1) is 30.0. The molecule has 10 aromatic rings. The van der Waals surface area contributed by atoms with Gasteiger partial charge >= 0.3 is 0 Å². The van der Waals surface area contributed by atoms with E-state index in [4.69, 9.17) is 9.40 Å². The molecule has 0 aliphatic heterocycles. The first-order chi connectivity index (χ1) is 26.0. The summed E-state index contributed by atoms with van der Waals surface area (Å²) in [5, 5.41) is 4.69. The van der Waals surface area contributed by atoms with Crippen LogP contribution >= 0.6 is 0 Å². The molecule has 0 bridgehead atoms. The second kappa shape index (κ2) is 11.1. The number of benzene rings is 7. The zero-order valence-electron chi connectivity index (χ0n) is 29.5. The van der Waals surface area contributed by atoms with E-state index in [1.54, 1.807) is 0 Å². The number of hydrogen-bond donors (Lipinski definition) is 0. The van der Waals surface area contributed by atoms with Gasteiger partial charge in [-0.25, -0.2) is 4.98 Å². The zero-order chi connectivity index (χ0) is 35.3. The summed E-state index contributed by atoms with van der Waals surface area (Å²) in [6.45, 7) is 4.71. The second-order valence-electron chi connectivity index (χ2n) is 14.8. The van der Waals surface area contributed by atoms with E-state index in [2.05, 4.69) is 176 Å². The largest absolute Gasteiger partial charge is 0.455 e. The molecule has 250 valence electrons.